The van der Waals surface area contributed by atoms with E-state index in [2.05, 4.69) is 30.5 Å². The summed E-state index contributed by atoms with van der Waals surface area (Å²) in [6.07, 6.45) is 5.57. The van der Waals surface area contributed by atoms with Crippen molar-refractivity contribution in [2.24, 2.45) is 5.92 Å². The first-order chi connectivity index (χ1) is 12.1. The number of aromatic carboxylic acids is 1. The summed E-state index contributed by atoms with van der Waals surface area (Å²) in [5, 5.41) is 12.8. The molecule has 1 aliphatic heterocycles. The lowest BCUT2D eigenvalue weighted by molar-refractivity contribution is 0.0697. The minimum Gasteiger partial charge on any atom is -0.495 e. The number of hydrogen-bond donors (Lipinski definition) is 2. The van der Waals surface area contributed by atoms with Crippen molar-refractivity contribution < 1.29 is 14.6 Å². The largest absolute Gasteiger partial charge is 0.495 e. The van der Waals surface area contributed by atoms with Crippen molar-refractivity contribution in [1.82, 2.24) is 0 Å². The fraction of sp³-hybridized carbons (Fsp3) is 0.286. The van der Waals surface area contributed by atoms with Gasteiger partial charge in [0, 0.05) is 5.92 Å². The average molecular weight is 335 g/mol. The Bertz CT molecular complexity index is 854. The predicted octanol–water partition coefficient (Wildman–Crippen LogP) is 4.53. The highest BCUT2D eigenvalue weighted by Gasteiger charge is 2.39. The Hall–Kier alpha value is -2.75. The normalized spacial score (nSPS) is 23.5. The number of benzene rings is 2. The van der Waals surface area contributed by atoms with Crippen molar-refractivity contribution in [1.29, 1.82) is 0 Å². The minimum atomic E-state index is -0.897. The summed E-state index contributed by atoms with van der Waals surface area (Å²) in [6, 6.07) is 11.5. The third-order valence-electron chi connectivity index (χ3n) is 5.44. The minimum absolute atomic E-state index is 0.131. The van der Waals surface area contributed by atoms with Crippen LogP contribution in [0.5, 0.6) is 5.75 Å². The maximum absolute atomic E-state index is 11.1. The molecule has 3 unspecified atom stereocenters. The van der Waals surface area contributed by atoms with Crippen LogP contribution in [-0.4, -0.2) is 18.2 Å². The van der Waals surface area contributed by atoms with Gasteiger partial charge in [0.1, 0.15) is 5.75 Å². The van der Waals surface area contributed by atoms with E-state index in [0.29, 0.717) is 17.4 Å². The van der Waals surface area contributed by atoms with Crippen LogP contribution in [0.25, 0.3) is 0 Å². The van der Waals surface area contributed by atoms with Gasteiger partial charge < -0.3 is 15.2 Å². The van der Waals surface area contributed by atoms with E-state index in [4.69, 9.17) is 9.84 Å². The molecular weight excluding hydrogens is 314 g/mol. The zero-order chi connectivity index (χ0) is 17.6. The van der Waals surface area contributed by atoms with Crippen LogP contribution in [0.4, 0.5) is 5.69 Å². The van der Waals surface area contributed by atoms with Crippen LogP contribution in [0.2, 0.25) is 0 Å². The average Bonchev–Trinajstić information content (AvgIpc) is 3.11. The van der Waals surface area contributed by atoms with E-state index in [9.17, 15) is 4.79 Å². The van der Waals surface area contributed by atoms with Gasteiger partial charge in [0.05, 0.1) is 24.4 Å². The predicted molar refractivity (Wildman–Crippen MR) is 97.5 cm³/mol. The van der Waals surface area contributed by atoms with E-state index in [1.54, 1.807) is 19.2 Å². The van der Waals surface area contributed by atoms with Crippen molar-refractivity contribution >= 4 is 11.7 Å². The van der Waals surface area contributed by atoms with Crippen molar-refractivity contribution in [2.45, 2.75) is 25.3 Å². The Kier molecular flexibility index (Phi) is 3.75. The number of anilines is 1. The Morgan fingerprint density at radius 2 is 1.96 bits per heavy atom. The number of rotatable bonds is 3. The maximum Gasteiger partial charge on any atom is 0.335 e. The quantitative estimate of drug-likeness (QED) is 0.809. The first kappa shape index (κ1) is 15.8. The molecule has 2 N–H and O–H groups in total. The number of methoxy groups -OCH3 is 1. The molecule has 1 aliphatic carbocycles. The fourth-order valence-corrected chi connectivity index (χ4v) is 4.20. The summed E-state index contributed by atoms with van der Waals surface area (Å²) < 4.78 is 5.59. The molecule has 25 heavy (non-hydrogen) atoms. The Balaban J connectivity index is 1.79. The third kappa shape index (κ3) is 2.49. The standard InChI is InChI=1S/C21H21NO3/c1-12-6-11-17(25-2)20-18(12)15-4-3-5-16(15)19(22-20)13-7-9-14(10-8-13)21(23)24/h3-4,6-11,15-16,19,22H,5H2,1-2H3,(H,23,24). The van der Waals surface area contributed by atoms with Crippen molar-refractivity contribution in [3.05, 3.63) is 70.8 Å². The molecule has 0 bridgehead atoms. The van der Waals surface area contributed by atoms with Gasteiger partial charge in [0.25, 0.3) is 0 Å². The van der Waals surface area contributed by atoms with Gasteiger partial charge in [-0.05, 0) is 54.2 Å². The van der Waals surface area contributed by atoms with E-state index in [-0.39, 0.29) is 6.04 Å². The molecule has 4 nitrogen and oxygen atoms in total. The maximum atomic E-state index is 11.1. The number of carboxylic acid groups (broad SMARTS) is 1. The number of allylic oxidation sites excluding steroid dienone is 2. The molecule has 4 heteroatoms. The Labute approximate surface area is 147 Å². The molecule has 0 aromatic heterocycles. The summed E-state index contributed by atoms with van der Waals surface area (Å²) in [6.45, 7) is 2.14. The third-order valence-corrected chi connectivity index (χ3v) is 5.44. The van der Waals surface area contributed by atoms with Crippen LogP contribution in [0.3, 0.4) is 0 Å². The van der Waals surface area contributed by atoms with Gasteiger partial charge in [-0.2, -0.15) is 0 Å². The van der Waals surface area contributed by atoms with E-state index in [0.717, 1.165) is 23.4 Å². The lowest BCUT2D eigenvalue weighted by atomic mass is 9.75. The second-order valence-corrected chi connectivity index (χ2v) is 6.78. The van der Waals surface area contributed by atoms with E-state index in [1.165, 1.54) is 11.1 Å². The number of nitrogens with one attached hydrogen (secondary N) is 1. The zero-order valence-corrected chi connectivity index (χ0v) is 14.3. The van der Waals surface area contributed by atoms with Gasteiger partial charge in [-0.15, -0.1) is 0 Å². The molecule has 1 heterocycles. The first-order valence-electron chi connectivity index (χ1n) is 8.54. The van der Waals surface area contributed by atoms with Crippen LogP contribution in [-0.2, 0) is 0 Å². The van der Waals surface area contributed by atoms with Gasteiger partial charge in [0.15, 0.2) is 0 Å². The number of carbonyl (C=O) groups is 1. The molecule has 2 aliphatic rings. The monoisotopic (exact) mass is 335 g/mol. The Morgan fingerprint density at radius 3 is 2.64 bits per heavy atom. The summed E-state index contributed by atoms with van der Waals surface area (Å²) in [5.74, 6) is 0.738. The number of aryl methyl sites for hydroxylation is 1. The summed E-state index contributed by atoms with van der Waals surface area (Å²) in [4.78, 5) is 11.1. The zero-order valence-electron chi connectivity index (χ0n) is 14.3. The van der Waals surface area contributed by atoms with Crippen LogP contribution >= 0.6 is 0 Å². The molecule has 0 spiro atoms. The van der Waals surface area contributed by atoms with E-state index in [1.807, 2.05) is 18.2 Å². The SMILES string of the molecule is COc1ccc(C)c2c1NC(c1ccc(C(=O)O)cc1)C1CC=CC21. The fourth-order valence-electron chi connectivity index (χ4n) is 4.20. The van der Waals surface area contributed by atoms with Gasteiger partial charge in [-0.3, -0.25) is 0 Å². The molecule has 0 saturated heterocycles. The summed E-state index contributed by atoms with van der Waals surface area (Å²) in [5.41, 5.74) is 5.07. The first-order valence-corrected chi connectivity index (χ1v) is 8.54. The van der Waals surface area contributed by atoms with E-state index >= 15 is 0 Å². The molecule has 0 radical (unpaired) electrons. The molecule has 2 aromatic rings. The molecule has 4 rings (SSSR count). The number of fused-ring (bicyclic) bond motifs is 3. The van der Waals surface area contributed by atoms with E-state index < -0.39 is 5.97 Å². The van der Waals surface area contributed by atoms with Crippen LogP contribution < -0.4 is 10.1 Å². The van der Waals surface area contributed by atoms with Gasteiger partial charge in [0.2, 0.25) is 0 Å². The topological polar surface area (TPSA) is 58.6 Å². The van der Waals surface area contributed by atoms with Crippen molar-refractivity contribution in [2.75, 3.05) is 12.4 Å². The smallest absolute Gasteiger partial charge is 0.335 e. The van der Waals surface area contributed by atoms with Gasteiger partial charge in [-0.1, -0.05) is 30.4 Å². The van der Waals surface area contributed by atoms with Crippen molar-refractivity contribution in [3.8, 4) is 5.75 Å². The second-order valence-electron chi connectivity index (χ2n) is 6.78. The summed E-state index contributed by atoms with van der Waals surface area (Å²) in [7, 11) is 1.69. The number of ether oxygens (including phenoxy) is 1. The molecular formula is C21H21NO3. The summed E-state index contributed by atoms with van der Waals surface area (Å²) >= 11 is 0. The van der Waals surface area contributed by atoms with Crippen molar-refractivity contribution in [3.63, 3.8) is 0 Å². The molecule has 128 valence electrons. The molecule has 0 fully saturated rings. The van der Waals surface area contributed by atoms with Gasteiger partial charge >= 0.3 is 5.97 Å². The number of hydrogen-bond acceptors (Lipinski definition) is 3. The lowest BCUT2D eigenvalue weighted by Crippen LogP contribution is -2.30. The number of carboxylic acids is 1. The Morgan fingerprint density at radius 1 is 1.20 bits per heavy atom. The molecule has 2 aromatic carbocycles. The highest BCUT2D eigenvalue weighted by atomic mass is 16.5. The molecule has 0 amide bonds. The highest BCUT2D eigenvalue weighted by molar-refractivity contribution is 5.87. The second kappa shape index (κ2) is 5.96. The van der Waals surface area contributed by atoms with Gasteiger partial charge in [-0.25, -0.2) is 4.79 Å². The van der Waals surface area contributed by atoms with Crippen LogP contribution in [0.1, 0.15) is 45.4 Å². The molecule has 3 atom stereocenters. The van der Waals surface area contributed by atoms with Crippen LogP contribution in [0.15, 0.2) is 48.6 Å². The van der Waals surface area contributed by atoms with Crippen LogP contribution in [0, 0.1) is 12.8 Å². The molecule has 0 saturated carbocycles. The highest BCUT2D eigenvalue weighted by Crippen LogP contribution is 2.53. The lowest BCUT2D eigenvalue weighted by Gasteiger charge is -2.39.